The van der Waals surface area contributed by atoms with Crippen LogP contribution in [0.5, 0.6) is 5.75 Å². The Balaban J connectivity index is 1.75. The standard InChI is InChI=1S/C18H18N4O2/c1-11-10-13(24-2)8-9-14(11)15-4-3-5-16-19-18(21-22(15)16)20-17(23)12-6-7-12/h3-5,8-10,12H,6-7H2,1-2H3,(H,20,21,23). The van der Waals surface area contributed by atoms with Crippen LogP contribution < -0.4 is 10.1 Å². The van der Waals surface area contributed by atoms with Gasteiger partial charge in [-0.1, -0.05) is 6.07 Å². The first-order valence-electron chi connectivity index (χ1n) is 7.97. The Morgan fingerprint density at radius 1 is 1.29 bits per heavy atom. The van der Waals surface area contributed by atoms with Crippen LogP contribution in [0.1, 0.15) is 18.4 Å². The highest BCUT2D eigenvalue weighted by Gasteiger charge is 2.30. The number of pyridine rings is 1. The van der Waals surface area contributed by atoms with Crippen LogP contribution in [0, 0.1) is 12.8 Å². The smallest absolute Gasteiger partial charge is 0.249 e. The van der Waals surface area contributed by atoms with Gasteiger partial charge in [-0.25, -0.2) is 4.52 Å². The molecule has 4 rings (SSSR count). The summed E-state index contributed by atoms with van der Waals surface area (Å²) in [6.45, 7) is 2.03. The van der Waals surface area contributed by atoms with Gasteiger partial charge in [-0.2, -0.15) is 4.98 Å². The fourth-order valence-electron chi connectivity index (χ4n) is 2.77. The van der Waals surface area contributed by atoms with Crippen LogP contribution in [0.2, 0.25) is 0 Å². The van der Waals surface area contributed by atoms with Gasteiger partial charge in [-0.15, -0.1) is 5.10 Å². The molecule has 1 saturated carbocycles. The minimum Gasteiger partial charge on any atom is -0.497 e. The van der Waals surface area contributed by atoms with Crippen molar-refractivity contribution in [2.24, 2.45) is 5.92 Å². The van der Waals surface area contributed by atoms with Crippen molar-refractivity contribution < 1.29 is 9.53 Å². The molecular weight excluding hydrogens is 304 g/mol. The number of ether oxygens (including phenoxy) is 1. The number of carbonyl (C=O) groups is 1. The van der Waals surface area contributed by atoms with E-state index in [1.165, 1.54) is 0 Å². The third-order valence-corrected chi connectivity index (χ3v) is 4.25. The van der Waals surface area contributed by atoms with Gasteiger partial charge in [0.15, 0.2) is 5.65 Å². The van der Waals surface area contributed by atoms with E-state index in [-0.39, 0.29) is 11.8 Å². The quantitative estimate of drug-likeness (QED) is 0.801. The summed E-state index contributed by atoms with van der Waals surface area (Å²) in [5.41, 5.74) is 3.76. The number of amides is 1. The first kappa shape index (κ1) is 14.7. The summed E-state index contributed by atoms with van der Waals surface area (Å²) in [6, 6.07) is 11.7. The Morgan fingerprint density at radius 2 is 2.12 bits per heavy atom. The normalized spacial score (nSPS) is 13.9. The summed E-state index contributed by atoms with van der Waals surface area (Å²) in [5, 5.41) is 7.27. The molecule has 1 amide bonds. The number of fused-ring (bicyclic) bond motifs is 1. The molecule has 1 fully saturated rings. The van der Waals surface area contributed by atoms with Crippen molar-refractivity contribution in [2.45, 2.75) is 19.8 Å². The van der Waals surface area contributed by atoms with Crippen molar-refractivity contribution >= 4 is 17.5 Å². The minimum atomic E-state index is 0.00749. The molecule has 0 spiro atoms. The topological polar surface area (TPSA) is 68.5 Å². The van der Waals surface area contributed by atoms with Gasteiger partial charge in [0.1, 0.15) is 5.75 Å². The fraction of sp³-hybridized carbons (Fsp3) is 0.278. The van der Waals surface area contributed by atoms with Crippen LogP contribution in [0.25, 0.3) is 16.9 Å². The maximum Gasteiger partial charge on any atom is 0.249 e. The zero-order valence-electron chi connectivity index (χ0n) is 13.6. The number of aromatic nitrogens is 3. The molecule has 0 aliphatic heterocycles. The predicted octanol–water partition coefficient (Wildman–Crippen LogP) is 3.06. The van der Waals surface area contributed by atoms with E-state index in [9.17, 15) is 4.79 Å². The predicted molar refractivity (Wildman–Crippen MR) is 91.1 cm³/mol. The SMILES string of the molecule is COc1ccc(-c2cccc3nc(NC(=O)C4CC4)nn23)c(C)c1. The minimum absolute atomic E-state index is 0.00749. The van der Waals surface area contributed by atoms with Crippen LogP contribution in [-0.4, -0.2) is 27.6 Å². The fourth-order valence-corrected chi connectivity index (χ4v) is 2.77. The van der Waals surface area contributed by atoms with Gasteiger partial charge < -0.3 is 4.74 Å². The van der Waals surface area contributed by atoms with E-state index in [0.29, 0.717) is 11.6 Å². The van der Waals surface area contributed by atoms with Crippen LogP contribution in [-0.2, 0) is 4.79 Å². The second-order valence-corrected chi connectivity index (χ2v) is 6.06. The van der Waals surface area contributed by atoms with Gasteiger partial charge >= 0.3 is 0 Å². The number of hydrogen-bond acceptors (Lipinski definition) is 4. The molecule has 0 atom stereocenters. The third-order valence-electron chi connectivity index (χ3n) is 4.25. The maximum atomic E-state index is 11.9. The highest BCUT2D eigenvalue weighted by molar-refractivity contribution is 5.92. The van der Waals surface area contributed by atoms with E-state index in [2.05, 4.69) is 15.4 Å². The van der Waals surface area contributed by atoms with E-state index in [0.717, 1.165) is 35.4 Å². The Bertz CT molecular complexity index is 928. The number of anilines is 1. The monoisotopic (exact) mass is 322 g/mol. The molecular formula is C18H18N4O2. The number of benzene rings is 1. The Hall–Kier alpha value is -2.89. The molecule has 0 radical (unpaired) electrons. The lowest BCUT2D eigenvalue weighted by Gasteiger charge is -2.09. The summed E-state index contributed by atoms with van der Waals surface area (Å²) in [5.74, 6) is 1.30. The number of nitrogens with one attached hydrogen (secondary N) is 1. The molecule has 24 heavy (non-hydrogen) atoms. The Morgan fingerprint density at radius 3 is 2.83 bits per heavy atom. The van der Waals surface area contributed by atoms with Crippen molar-refractivity contribution in [1.29, 1.82) is 0 Å². The van der Waals surface area contributed by atoms with Crippen LogP contribution in [0.4, 0.5) is 5.95 Å². The number of rotatable bonds is 4. The van der Waals surface area contributed by atoms with E-state index in [4.69, 9.17) is 4.74 Å². The van der Waals surface area contributed by atoms with Gasteiger partial charge in [0.2, 0.25) is 11.9 Å². The van der Waals surface area contributed by atoms with Crippen LogP contribution in [0.3, 0.4) is 0 Å². The highest BCUT2D eigenvalue weighted by atomic mass is 16.5. The van der Waals surface area contributed by atoms with Crippen molar-refractivity contribution in [3.63, 3.8) is 0 Å². The second kappa shape index (κ2) is 5.63. The summed E-state index contributed by atoms with van der Waals surface area (Å²) in [6.07, 6.45) is 1.91. The lowest BCUT2D eigenvalue weighted by atomic mass is 10.0. The summed E-state index contributed by atoms with van der Waals surface area (Å²) >= 11 is 0. The van der Waals surface area contributed by atoms with E-state index in [1.54, 1.807) is 11.6 Å². The molecule has 1 aromatic carbocycles. The number of hydrogen-bond donors (Lipinski definition) is 1. The molecule has 1 aliphatic rings. The first-order valence-corrected chi connectivity index (χ1v) is 7.97. The van der Waals surface area contributed by atoms with Crippen LogP contribution >= 0.6 is 0 Å². The molecule has 3 aromatic rings. The van der Waals surface area contributed by atoms with E-state index < -0.39 is 0 Å². The highest BCUT2D eigenvalue weighted by Crippen LogP contribution is 2.30. The number of aryl methyl sites for hydroxylation is 1. The Labute approximate surface area is 139 Å². The van der Waals surface area contributed by atoms with Crippen LogP contribution in [0.15, 0.2) is 36.4 Å². The molecule has 0 bridgehead atoms. The van der Waals surface area contributed by atoms with E-state index in [1.807, 2.05) is 43.3 Å². The lowest BCUT2D eigenvalue weighted by Crippen LogP contribution is -2.14. The van der Waals surface area contributed by atoms with Gasteiger partial charge in [0.25, 0.3) is 0 Å². The molecule has 6 nitrogen and oxygen atoms in total. The molecule has 2 aromatic heterocycles. The van der Waals surface area contributed by atoms with Crippen molar-refractivity contribution in [3.8, 4) is 17.0 Å². The molecule has 1 aliphatic carbocycles. The van der Waals surface area contributed by atoms with Gasteiger partial charge in [0.05, 0.1) is 12.8 Å². The average Bonchev–Trinajstić information content (AvgIpc) is 3.35. The van der Waals surface area contributed by atoms with Crippen molar-refractivity contribution in [3.05, 3.63) is 42.0 Å². The summed E-state index contributed by atoms with van der Waals surface area (Å²) in [7, 11) is 1.65. The second-order valence-electron chi connectivity index (χ2n) is 6.06. The average molecular weight is 322 g/mol. The van der Waals surface area contributed by atoms with E-state index >= 15 is 0 Å². The summed E-state index contributed by atoms with van der Waals surface area (Å²) < 4.78 is 7.03. The van der Waals surface area contributed by atoms with Crippen molar-refractivity contribution in [1.82, 2.24) is 14.6 Å². The largest absolute Gasteiger partial charge is 0.497 e. The maximum absolute atomic E-state index is 11.9. The molecule has 6 heteroatoms. The van der Waals surface area contributed by atoms with Gasteiger partial charge in [-0.3, -0.25) is 10.1 Å². The zero-order chi connectivity index (χ0) is 16.7. The molecule has 122 valence electrons. The molecule has 0 unspecified atom stereocenters. The van der Waals surface area contributed by atoms with Crippen molar-refractivity contribution in [2.75, 3.05) is 12.4 Å². The number of nitrogens with zero attached hydrogens (tertiary/aromatic N) is 3. The summed E-state index contributed by atoms with van der Waals surface area (Å²) in [4.78, 5) is 16.3. The first-order chi connectivity index (χ1) is 11.7. The lowest BCUT2D eigenvalue weighted by molar-refractivity contribution is -0.117. The Kier molecular flexibility index (Phi) is 3.45. The van der Waals surface area contributed by atoms with Gasteiger partial charge in [0, 0.05) is 11.5 Å². The zero-order valence-corrected chi connectivity index (χ0v) is 13.6. The molecule has 2 heterocycles. The molecule has 0 saturated heterocycles. The number of methoxy groups -OCH3 is 1. The molecule has 1 N–H and O–H groups in total. The third kappa shape index (κ3) is 2.60. The number of carbonyl (C=O) groups excluding carboxylic acids is 1. The van der Waals surface area contributed by atoms with Gasteiger partial charge in [-0.05, 0) is 55.7 Å².